The highest BCUT2D eigenvalue weighted by Gasteiger charge is 2.05. The van der Waals surface area contributed by atoms with Gasteiger partial charge in [-0.15, -0.1) is 5.10 Å². The van der Waals surface area contributed by atoms with Gasteiger partial charge in [0, 0.05) is 4.47 Å². The Kier molecular flexibility index (Phi) is 2.68. The van der Waals surface area contributed by atoms with Crippen molar-refractivity contribution in [1.82, 2.24) is 15.0 Å². The van der Waals surface area contributed by atoms with Gasteiger partial charge in [0.25, 0.3) is 0 Å². The van der Waals surface area contributed by atoms with Crippen LogP contribution < -0.4 is 0 Å². The monoisotopic (exact) mass is 269 g/mol. The van der Waals surface area contributed by atoms with E-state index in [1.807, 2.05) is 18.2 Å². The van der Waals surface area contributed by atoms with E-state index in [1.54, 1.807) is 4.68 Å². The molecule has 1 heterocycles. The predicted molar refractivity (Wildman–Crippen MR) is 57.5 cm³/mol. The number of nitrogens with zero attached hydrogens (tertiary/aromatic N) is 3. The molecule has 15 heavy (non-hydrogen) atoms. The van der Waals surface area contributed by atoms with Crippen molar-refractivity contribution in [1.29, 1.82) is 0 Å². The molecule has 0 atom stereocenters. The van der Waals surface area contributed by atoms with Crippen LogP contribution >= 0.6 is 15.9 Å². The van der Waals surface area contributed by atoms with E-state index in [0.29, 0.717) is 6.54 Å². The van der Waals surface area contributed by atoms with E-state index in [2.05, 4.69) is 26.2 Å². The van der Waals surface area contributed by atoms with Gasteiger partial charge in [0.2, 0.25) is 0 Å². The number of carboxylic acids is 1. The minimum Gasteiger partial charge on any atom is -0.481 e. The van der Waals surface area contributed by atoms with Gasteiger partial charge in [-0.05, 0) is 18.2 Å². The van der Waals surface area contributed by atoms with Crippen LogP contribution in [0.3, 0.4) is 0 Å². The van der Waals surface area contributed by atoms with E-state index in [1.165, 1.54) is 0 Å². The van der Waals surface area contributed by atoms with Gasteiger partial charge in [-0.25, -0.2) is 4.68 Å². The lowest BCUT2D eigenvalue weighted by Crippen LogP contribution is -2.05. The molecule has 0 bridgehead atoms. The number of hydrogen-bond donors (Lipinski definition) is 1. The first-order chi connectivity index (χ1) is 7.16. The van der Waals surface area contributed by atoms with Crippen molar-refractivity contribution in [3.63, 3.8) is 0 Å². The molecule has 0 aliphatic heterocycles. The molecule has 0 saturated carbocycles. The van der Waals surface area contributed by atoms with Gasteiger partial charge in [0.15, 0.2) is 0 Å². The van der Waals surface area contributed by atoms with E-state index >= 15 is 0 Å². The Labute approximate surface area is 93.8 Å². The third-order valence-corrected chi connectivity index (χ3v) is 2.51. The van der Waals surface area contributed by atoms with Crippen LogP contribution in [0, 0.1) is 0 Å². The fourth-order valence-corrected chi connectivity index (χ4v) is 1.66. The van der Waals surface area contributed by atoms with Crippen LogP contribution in [-0.2, 0) is 11.3 Å². The molecule has 1 aromatic heterocycles. The van der Waals surface area contributed by atoms with Gasteiger partial charge >= 0.3 is 5.97 Å². The molecular formula is C9H8BrN3O2. The van der Waals surface area contributed by atoms with E-state index in [0.717, 1.165) is 15.5 Å². The molecule has 2 aromatic rings. The summed E-state index contributed by atoms with van der Waals surface area (Å²) in [4.78, 5) is 10.4. The third-order valence-electron chi connectivity index (χ3n) is 2.01. The summed E-state index contributed by atoms with van der Waals surface area (Å²) in [5.41, 5.74) is 1.61. The topological polar surface area (TPSA) is 68.0 Å². The number of aliphatic carboxylic acids is 1. The molecule has 0 aliphatic rings. The third kappa shape index (κ3) is 2.15. The van der Waals surface area contributed by atoms with E-state index in [-0.39, 0.29) is 6.42 Å². The van der Waals surface area contributed by atoms with Crippen molar-refractivity contribution in [3.8, 4) is 0 Å². The van der Waals surface area contributed by atoms with Crippen LogP contribution in [0.2, 0.25) is 0 Å². The van der Waals surface area contributed by atoms with Gasteiger partial charge < -0.3 is 5.11 Å². The molecule has 5 nitrogen and oxygen atoms in total. The highest BCUT2D eigenvalue weighted by Crippen LogP contribution is 2.17. The van der Waals surface area contributed by atoms with Crippen LogP contribution in [0.1, 0.15) is 6.42 Å². The molecule has 2 rings (SSSR count). The van der Waals surface area contributed by atoms with Crippen molar-refractivity contribution < 1.29 is 9.90 Å². The van der Waals surface area contributed by atoms with Gasteiger partial charge in [-0.3, -0.25) is 4.79 Å². The lowest BCUT2D eigenvalue weighted by atomic mass is 10.3. The highest BCUT2D eigenvalue weighted by molar-refractivity contribution is 9.10. The van der Waals surface area contributed by atoms with Crippen molar-refractivity contribution in [2.24, 2.45) is 0 Å². The molecule has 0 aliphatic carbocycles. The zero-order valence-corrected chi connectivity index (χ0v) is 9.31. The highest BCUT2D eigenvalue weighted by atomic mass is 79.9. The molecule has 0 radical (unpaired) electrons. The van der Waals surface area contributed by atoms with Crippen LogP contribution in [0.25, 0.3) is 11.0 Å². The second-order valence-corrected chi connectivity index (χ2v) is 4.01. The van der Waals surface area contributed by atoms with Crippen LogP contribution in [0.4, 0.5) is 0 Å². The van der Waals surface area contributed by atoms with Crippen molar-refractivity contribution in [3.05, 3.63) is 22.7 Å². The van der Waals surface area contributed by atoms with Gasteiger partial charge in [-0.2, -0.15) is 0 Å². The van der Waals surface area contributed by atoms with E-state index in [9.17, 15) is 4.79 Å². The zero-order chi connectivity index (χ0) is 10.8. The summed E-state index contributed by atoms with van der Waals surface area (Å²) in [5.74, 6) is -0.837. The summed E-state index contributed by atoms with van der Waals surface area (Å²) in [5, 5.41) is 16.4. The van der Waals surface area contributed by atoms with Crippen LogP contribution in [-0.4, -0.2) is 26.1 Å². The normalized spacial score (nSPS) is 10.7. The Morgan fingerprint density at radius 3 is 3.07 bits per heavy atom. The second-order valence-electron chi connectivity index (χ2n) is 3.09. The summed E-state index contributed by atoms with van der Waals surface area (Å²) in [6, 6.07) is 5.59. The fraction of sp³-hybridized carbons (Fsp3) is 0.222. The average molecular weight is 270 g/mol. The summed E-state index contributed by atoms with van der Waals surface area (Å²) in [6.07, 6.45) is 0.0501. The number of hydrogen-bond acceptors (Lipinski definition) is 3. The maximum atomic E-state index is 10.4. The van der Waals surface area contributed by atoms with Crippen molar-refractivity contribution >= 4 is 32.9 Å². The Morgan fingerprint density at radius 1 is 1.53 bits per heavy atom. The summed E-state index contributed by atoms with van der Waals surface area (Å²) in [6.45, 7) is 0.341. The maximum absolute atomic E-state index is 10.4. The molecule has 1 aromatic carbocycles. The number of carboxylic acid groups (broad SMARTS) is 1. The first-order valence-electron chi connectivity index (χ1n) is 4.37. The number of aryl methyl sites for hydroxylation is 1. The number of halogens is 1. The van der Waals surface area contributed by atoms with E-state index < -0.39 is 5.97 Å². The van der Waals surface area contributed by atoms with Gasteiger partial charge in [0.05, 0.1) is 18.5 Å². The van der Waals surface area contributed by atoms with Crippen molar-refractivity contribution in [2.75, 3.05) is 0 Å². The molecule has 1 N–H and O–H groups in total. The molecule has 6 heteroatoms. The number of carbonyl (C=O) groups is 1. The minimum atomic E-state index is -0.837. The largest absolute Gasteiger partial charge is 0.481 e. The maximum Gasteiger partial charge on any atom is 0.305 e. The molecule has 0 saturated heterocycles. The number of aromatic nitrogens is 3. The average Bonchev–Trinajstić information content (AvgIpc) is 2.57. The second kappa shape index (κ2) is 3.98. The Morgan fingerprint density at radius 2 is 2.33 bits per heavy atom. The quantitative estimate of drug-likeness (QED) is 0.921. The van der Waals surface area contributed by atoms with Crippen LogP contribution in [0.15, 0.2) is 22.7 Å². The number of rotatable bonds is 3. The first-order valence-corrected chi connectivity index (χ1v) is 5.16. The minimum absolute atomic E-state index is 0.0501. The Bertz CT molecular complexity index is 509. The first kappa shape index (κ1) is 10.1. The molecule has 0 spiro atoms. The molecule has 0 fully saturated rings. The van der Waals surface area contributed by atoms with Crippen LogP contribution in [0.5, 0.6) is 0 Å². The summed E-state index contributed by atoms with van der Waals surface area (Å²) >= 11 is 3.33. The zero-order valence-electron chi connectivity index (χ0n) is 7.72. The number of benzene rings is 1. The summed E-state index contributed by atoms with van der Waals surface area (Å²) in [7, 11) is 0. The Hall–Kier alpha value is -1.43. The molecule has 0 unspecified atom stereocenters. The SMILES string of the molecule is O=C(O)CCn1nnc2cc(Br)ccc21. The van der Waals surface area contributed by atoms with E-state index in [4.69, 9.17) is 5.11 Å². The smallest absolute Gasteiger partial charge is 0.305 e. The standard InChI is InChI=1S/C9H8BrN3O2/c10-6-1-2-8-7(5-6)11-12-13(8)4-3-9(14)15/h1-2,5H,3-4H2,(H,14,15). The van der Waals surface area contributed by atoms with Gasteiger partial charge in [0.1, 0.15) is 5.52 Å². The lowest BCUT2D eigenvalue weighted by Gasteiger charge is -1.98. The number of fused-ring (bicyclic) bond motifs is 1. The van der Waals surface area contributed by atoms with Crippen molar-refractivity contribution in [2.45, 2.75) is 13.0 Å². The Balaban J connectivity index is 2.32. The molecule has 78 valence electrons. The molecular weight excluding hydrogens is 262 g/mol. The molecule has 0 amide bonds. The predicted octanol–water partition coefficient (Wildman–Crippen LogP) is 1.67. The van der Waals surface area contributed by atoms with Gasteiger partial charge in [-0.1, -0.05) is 21.1 Å². The summed E-state index contributed by atoms with van der Waals surface area (Å²) < 4.78 is 2.52. The fourth-order valence-electron chi connectivity index (χ4n) is 1.31. The lowest BCUT2D eigenvalue weighted by molar-refractivity contribution is -0.137.